The average molecular weight is 250 g/mol. The minimum Gasteiger partial charge on any atom is -0.287 e. The molecule has 0 N–H and O–H groups in total. The van der Waals surface area contributed by atoms with E-state index in [1.807, 2.05) is 0 Å². The van der Waals surface area contributed by atoms with Gasteiger partial charge in [0.2, 0.25) is 5.78 Å². The van der Waals surface area contributed by atoms with Crippen LogP contribution in [0.2, 0.25) is 5.02 Å². The minimum atomic E-state index is -0.437. The maximum absolute atomic E-state index is 13.1. The molecule has 2 nitrogen and oxygen atoms in total. The van der Waals surface area contributed by atoms with Crippen LogP contribution in [0.5, 0.6) is 0 Å². The van der Waals surface area contributed by atoms with Gasteiger partial charge in [0.05, 0.1) is 5.02 Å². The zero-order valence-electron chi connectivity index (χ0n) is 9.08. The summed E-state index contributed by atoms with van der Waals surface area (Å²) in [5, 5.41) is 0.456. The van der Waals surface area contributed by atoms with Gasteiger partial charge in [-0.15, -0.1) is 0 Å². The Bertz CT molecular complexity index is 566. The third kappa shape index (κ3) is 2.50. The predicted octanol–water partition coefficient (Wildman–Crippen LogP) is 3.41. The number of rotatable bonds is 2. The normalized spacial score (nSPS) is 10.3. The molecule has 0 bridgehead atoms. The minimum absolute atomic E-state index is 0.253. The molecule has 0 spiro atoms. The molecule has 4 heteroatoms. The summed E-state index contributed by atoms with van der Waals surface area (Å²) in [7, 11) is 0. The number of ketones is 1. The number of benzene rings is 1. The van der Waals surface area contributed by atoms with Gasteiger partial charge in [-0.25, -0.2) is 4.39 Å². The molecule has 2 aromatic rings. The van der Waals surface area contributed by atoms with E-state index >= 15 is 0 Å². The largest absolute Gasteiger partial charge is 0.287 e. The smallest absolute Gasteiger partial charge is 0.211 e. The number of carbonyl (C=O) groups is 1. The molecule has 1 heterocycles. The fourth-order valence-corrected chi connectivity index (χ4v) is 1.60. The highest BCUT2D eigenvalue weighted by atomic mass is 35.5. The summed E-state index contributed by atoms with van der Waals surface area (Å²) in [4.78, 5) is 16.0. The fourth-order valence-electron chi connectivity index (χ4n) is 1.49. The van der Waals surface area contributed by atoms with Crippen LogP contribution >= 0.6 is 11.6 Å². The lowest BCUT2D eigenvalue weighted by Gasteiger charge is -2.04. The van der Waals surface area contributed by atoms with Crippen molar-refractivity contribution < 1.29 is 9.18 Å². The molecule has 2 rings (SSSR count). The summed E-state index contributed by atoms with van der Waals surface area (Å²) in [6, 6.07) is 7.21. The Morgan fingerprint density at radius 1 is 1.29 bits per heavy atom. The molecule has 0 saturated carbocycles. The van der Waals surface area contributed by atoms with Crippen LogP contribution in [0.3, 0.4) is 0 Å². The highest BCUT2D eigenvalue weighted by Crippen LogP contribution is 2.15. The van der Waals surface area contributed by atoms with E-state index in [4.69, 9.17) is 11.6 Å². The zero-order chi connectivity index (χ0) is 12.4. The van der Waals surface area contributed by atoms with Crippen molar-refractivity contribution in [1.29, 1.82) is 0 Å². The maximum Gasteiger partial charge on any atom is 0.211 e. The Morgan fingerprint density at radius 3 is 2.71 bits per heavy atom. The number of hydrogen-bond acceptors (Lipinski definition) is 2. The van der Waals surface area contributed by atoms with Crippen molar-refractivity contribution in [3.05, 3.63) is 64.2 Å². The standard InChI is InChI=1S/C13H9ClFNO/c1-8-2-4-10(15)6-11(8)13(17)12-5-3-9(14)7-16-12/h2-7H,1H3. The Kier molecular flexibility index (Phi) is 3.20. The zero-order valence-corrected chi connectivity index (χ0v) is 9.83. The van der Waals surface area contributed by atoms with Gasteiger partial charge >= 0.3 is 0 Å². The van der Waals surface area contributed by atoms with Crippen LogP contribution in [0.4, 0.5) is 4.39 Å². The number of aryl methyl sites for hydroxylation is 1. The Morgan fingerprint density at radius 2 is 2.06 bits per heavy atom. The number of aromatic nitrogens is 1. The summed E-state index contributed by atoms with van der Waals surface area (Å²) in [5.74, 6) is -0.744. The molecule has 0 amide bonds. The number of carbonyl (C=O) groups excluding carboxylic acids is 1. The molecule has 1 aromatic heterocycles. The van der Waals surface area contributed by atoms with Crippen molar-refractivity contribution in [1.82, 2.24) is 4.98 Å². The second-order valence-electron chi connectivity index (χ2n) is 3.65. The van der Waals surface area contributed by atoms with E-state index in [0.29, 0.717) is 16.1 Å². The first kappa shape index (κ1) is 11.7. The highest BCUT2D eigenvalue weighted by Gasteiger charge is 2.13. The lowest BCUT2D eigenvalue weighted by molar-refractivity contribution is 0.103. The van der Waals surface area contributed by atoms with E-state index in [1.54, 1.807) is 19.1 Å². The van der Waals surface area contributed by atoms with Crippen molar-refractivity contribution in [3.8, 4) is 0 Å². The summed E-state index contributed by atoms with van der Waals surface area (Å²) in [5.41, 5.74) is 1.29. The Balaban J connectivity index is 2.43. The first-order valence-corrected chi connectivity index (χ1v) is 5.38. The number of nitrogens with zero attached hydrogens (tertiary/aromatic N) is 1. The Labute approximate surface area is 103 Å². The first-order chi connectivity index (χ1) is 8.08. The van der Waals surface area contributed by atoms with E-state index in [1.165, 1.54) is 24.4 Å². The van der Waals surface area contributed by atoms with E-state index in [9.17, 15) is 9.18 Å². The molecule has 0 aliphatic carbocycles. The van der Waals surface area contributed by atoms with Crippen LogP contribution in [-0.2, 0) is 0 Å². The topological polar surface area (TPSA) is 30.0 Å². The van der Waals surface area contributed by atoms with Gasteiger partial charge < -0.3 is 0 Å². The van der Waals surface area contributed by atoms with Crippen molar-refractivity contribution >= 4 is 17.4 Å². The van der Waals surface area contributed by atoms with Crippen molar-refractivity contribution in [2.24, 2.45) is 0 Å². The van der Waals surface area contributed by atoms with Crippen LogP contribution in [-0.4, -0.2) is 10.8 Å². The number of pyridine rings is 1. The molecule has 0 unspecified atom stereocenters. The van der Waals surface area contributed by atoms with Crippen LogP contribution in [0, 0.1) is 12.7 Å². The molecule has 17 heavy (non-hydrogen) atoms. The second kappa shape index (κ2) is 4.63. The SMILES string of the molecule is Cc1ccc(F)cc1C(=O)c1ccc(Cl)cn1. The molecule has 0 saturated heterocycles. The third-order valence-electron chi connectivity index (χ3n) is 2.40. The maximum atomic E-state index is 13.1. The quantitative estimate of drug-likeness (QED) is 0.764. The monoisotopic (exact) mass is 249 g/mol. The van der Waals surface area contributed by atoms with Gasteiger partial charge in [-0.2, -0.15) is 0 Å². The molecule has 1 aromatic carbocycles. The molecule has 0 fully saturated rings. The lowest BCUT2D eigenvalue weighted by atomic mass is 10.0. The molecule has 0 aliphatic heterocycles. The summed E-state index contributed by atoms with van der Waals surface area (Å²) in [6.45, 7) is 1.75. The van der Waals surface area contributed by atoms with Crippen LogP contribution in [0.25, 0.3) is 0 Å². The van der Waals surface area contributed by atoms with E-state index < -0.39 is 5.82 Å². The van der Waals surface area contributed by atoms with E-state index in [2.05, 4.69) is 4.98 Å². The first-order valence-electron chi connectivity index (χ1n) is 5.00. The number of halogens is 2. The van der Waals surface area contributed by atoms with Gasteiger partial charge in [0, 0.05) is 11.8 Å². The molecular weight excluding hydrogens is 241 g/mol. The molecule has 0 radical (unpaired) electrons. The van der Waals surface area contributed by atoms with Gasteiger partial charge in [-0.3, -0.25) is 9.78 Å². The summed E-state index contributed by atoms with van der Waals surface area (Å²) in [6.07, 6.45) is 1.39. The predicted molar refractivity (Wildman–Crippen MR) is 63.8 cm³/mol. The van der Waals surface area contributed by atoms with Crippen LogP contribution in [0.1, 0.15) is 21.6 Å². The van der Waals surface area contributed by atoms with Gasteiger partial charge in [-0.05, 0) is 36.8 Å². The van der Waals surface area contributed by atoms with Crippen molar-refractivity contribution in [2.45, 2.75) is 6.92 Å². The van der Waals surface area contributed by atoms with Crippen molar-refractivity contribution in [3.63, 3.8) is 0 Å². The lowest BCUT2D eigenvalue weighted by Crippen LogP contribution is -2.06. The molecule has 0 aliphatic rings. The second-order valence-corrected chi connectivity index (χ2v) is 4.09. The Hall–Kier alpha value is -1.74. The van der Waals surface area contributed by atoms with Gasteiger partial charge in [0.15, 0.2) is 0 Å². The van der Waals surface area contributed by atoms with E-state index in [-0.39, 0.29) is 11.5 Å². The van der Waals surface area contributed by atoms with Crippen LogP contribution < -0.4 is 0 Å². The van der Waals surface area contributed by atoms with Gasteiger partial charge in [0.1, 0.15) is 11.5 Å². The molecule has 0 atom stereocenters. The van der Waals surface area contributed by atoms with Crippen LogP contribution in [0.15, 0.2) is 36.5 Å². The third-order valence-corrected chi connectivity index (χ3v) is 2.63. The fraction of sp³-hybridized carbons (Fsp3) is 0.0769. The van der Waals surface area contributed by atoms with E-state index in [0.717, 1.165) is 0 Å². The highest BCUT2D eigenvalue weighted by molar-refractivity contribution is 6.30. The van der Waals surface area contributed by atoms with Gasteiger partial charge in [0.25, 0.3) is 0 Å². The average Bonchev–Trinajstić information content (AvgIpc) is 2.32. The molecular formula is C13H9ClFNO. The summed E-state index contributed by atoms with van der Waals surface area (Å²) < 4.78 is 13.1. The summed E-state index contributed by atoms with van der Waals surface area (Å²) >= 11 is 5.69. The number of hydrogen-bond donors (Lipinski definition) is 0. The van der Waals surface area contributed by atoms with Crippen molar-refractivity contribution in [2.75, 3.05) is 0 Å². The van der Waals surface area contributed by atoms with Gasteiger partial charge in [-0.1, -0.05) is 17.7 Å². The molecule has 86 valence electrons.